The smallest absolute Gasteiger partial charge is 0.287 e. The molecule has 1 atom stereocenters. The molecule has 4 rings (SSSR count). The predicted octanol–water partition coefficient (Wildman–Crippen LogP) is 2.70. The van der Waals surface area contributed by atoms with Crippen molar-refractivity contribution in [2.75, 3.05) is 30.4 Å². The number of carbonyl (C=O) groups is 2. The number of carbonyl (C=O) groups excluding carboxylic acids is 2. The normalized spacial score (nSPS) is 14.8. The molecule has 3 aromatic rings. The third-order valence-corrected chi connectivity index (χ3v) is 6.09. The lowest BCUT2D eigenvalue weighted by Crippen LogP contribution is -2.39. The molecule has 0 aliphatic carbocycles. The highest BCUT2D eigenvalue weighted by atomic mass is 19.3. The Morgan fingerprint density at radius 3 is 2.58 bits per heavy atom. The number of rotatable bonds is 10. The van der Waals surface area contributed by atoms with Gasteiger partial charge in [-0.3, -0.25) is 9.59 Å². The number of hydrogen-bond donors (Lipinski definition) is 6. The van der Waals surface area contributed by atoms with Crippen molar-refractivity contribution in [3.05, 3.63) is 77.0 Å². The first-order chi connectivity index (χ1) is 18.0. The molecule has 1 aliphatic heterocycles. The van der Waals surface area contributed by atoms with E-state index >= 15 is 0 Å². The molecule has 1 aliphatic rings. The standard InChI is InChI=1S/C26H28F2N6O4/c1-25(2)19-10-16(8-9-17(19)23(38)34-25)31-24-29-11-18(22(37)30-13-26(27,28)14-36)21(33-24)32-20(12-35)15-6-4-3-5-7-15/h3-11,20,35-36H,12-14H2,1-2H3,(H,30,37)(H,34,38)(H2,29,31,32,33)/t20-/m1/s1. The van der Waals surface area contributed by atoms with Crippen LogP contribution >= 0.6 is 0 Å². The van der Waals surface area contributed by atoms with Crippen molar-refractivity contribution in [2.24, 2.45) is 0 Å². The maximum atomic E-state index is 13.5. The molecule has 1 aromatic heterocycles. The number of amides is 2. The van der Waals surface area contributed by atoms with Crippen LogP contribution in [-0.4, -0.2) is 57.7 Å². The molecule has 0 radical (unpaired) electrons. The van der Waals surface area contributed by atoms with Gasteiger partial charge < -0.3 is 31.5 Å². The summed E-state index contributed by atoms with van der Waals surface area (Å²) in [6.45, 7) is 0.913. The minimum Gasteiger partial charge on any atom is -0.394 e. The highest BCUT2D eigenvalue weighted by molar-refractivity contribution is 6.00. The van der Waals surface area contributed by atoms with E-state index in [2.05, 4.69) is 31.2 Å². The largest absolute Gasteiger partial charge is 0.394 e. The highest BCUT2D eigenvalue weighted by Gasteiger charge is 2.35. The van der Waals surface area contributed by atoms with Crippen molar-refractivity contribution in [2.45, 2.75) is 31.4 Å². The lowest BCUT2D eigenvalue weighted by Gasteiger charge is -2.21. The van der Waals surface area contributed by atoms with Crippen LogP contribution in [0.25, 0.3) is 0 Å². The van der Waals surface area contributed by atoms with E-state index in [0.29, 0.717) is 16.8 Å². The maximum absolute atomic E-state index is 13.5. The van der Waals surface area contributed by atoms with Crippen molar-refractivity contribution < 1.29 is 28.6 Å². The second-order valence-electron chi connectivity index (χ2n) is 9.41. The van der Waals surface area contributed by atoms with Crippen LogP contribution < -0.4 is 21.3 Å². The Hall–Kier alpha value is -4.16. The molecule has 200 valence electrons. The van der Waals surface area contributed by atoms with Gasteiger partial charge >= 0.3 is 0 Å². The van der Waals surface area contributed by atoms with E-state index in [1.165, 1.54) is 6.20 Å². The van der Waals surface area contributed by atoms with Gasteiger partial charge in [-0.05, 0) is 43.2 Å². The summed E-state index contributed by atoms with van der Waals surface area (Å²) in [5.74, 6) is -4.47. The number of halogens is 2. The van der Waals surface area contributed by atoms with Crippen LogP contribution in [0.5, 0.6) is 0 Å². The molecule has 0 saturated heterocycles. The van der Waals surface area contributed by atoms with Gasteiger partial charge in [0, 0.05) is 17.4 Å². The van der Waals surface area contributed by atoms with E-state index in [1.807, 2.05) is 19.9 Å². The van der Waals surface area contributed by atoms with Gasteiger partial charge in [0.1, 0.15) is 18.0 Å². The Bertz CT molecular complexity index is 1340. The molecule has 0 spiro atoms. The van der Waals surface area contributed by atoms with Gasteiger partial charge in [-0.1, -0.05) is 30.3 Å². The van der Waals surface area contributed by atoms with Crippen molar-refractivity contribution in [1.82, 2.24) is 20.6 Å². The van der Waals surface area contributed by atoms with Crippen molar-refractivity contribution in [1.29, 1.82) is 0 Å². The SMILES string of the molecule is CC1(C)NC(=O)c2ccc(Nc3ncc(C(=O)NCC(F)(F)CO)c(N[C@H](CO)c4ccccc4)n3)cc21. The van der Waals surface area contributed by atoms with E-state index < -0.39 is 36.6 Å². The number of benzene rings is 2. The fourth-order valence-electron chi connectivity index (χ4n) is 4.05. The quantitative estimate of drug-likeness (QED) is 0.236. The summed E-state index contributed by atoms with van der Waals surface area (Å²) in [6.07, 6.45) is 1.17. The van der Waals surface area contributed by atoms with E-state index in [4.69, 9.17) is 5.11 Å². The minimum absolute atomic E-state index is 0.00597. The van der Waals surface area contributed by atoms with Gasteiger partial charge in [-0.15, -0.1) is 0 Å². The molecule has 2 amide bonds. The van der Waals surface area contributed by atoms with Gasteiger partial charge in [-0.25, -0.2) is 13.8 Å². The van der Waals surface area contributed by atoms with Gasteiger partial charge in [0.15, 0.2) is 0 Å². The number of anilines is 3. The first kappa shape index (κ1) is 26.9. The highest BCUT2D eigenvalue weighted by Crippen LogP contribution is 2.33. The Kier molecular flexibility index (Phi) is 7.56. The first-order valence-corrected chi connectivity index (χ1v) is 11.8. The molecule has 0 bridgehead atoms. The Morgan fingerprint density at radius 1 is 1.16 bits per heavy atom. The molecule has 2 aromatic carbocycles. The van der Waals surface area contributed by atoms with Gasteiger partial charge in [-0.2, -0.15) is 4.98 Å². The van der Waals surface area contributed by atoms with Crippen LogP contribution in [-0.2, 0) is 5.54 Å². The number of aliphatic hydroxyl groups excluding tert-OH is 2. The van der Waals surface area contributed by atoms with E-state index in [1.54, 1.807) is 42.5 Å². The number of aliphatic hydroxyl groups is 2. The number of hydrogen-bond acceptors (Lipinski definition) is 8. The average molecular weight is 527 g/mol. The number of nitrogens with one attached hydrogen (secondary N) is 4. The zero-order chi connectivity index (χ0) is 27.5. The molecular weight excluding hydrogens is 498 g/mol. The zero-order valence-corrected chi connectivity index (χ0v) is 20.8. The van der Waals surface area contributed by atoms with Crippen LogP contribution in [0.1, 0.15) is 51.7 Å². The van der Waals surface area contributed by atoms with E-state index in [0.717, 1.165) is 5.56 Å². The monoisotopic (exact) mass is 526 g/mol. The van der Waals surface area contributed by atoms with Crippen LogP contribution in [0.2, 0.25) is 0 Å². The number of aromatic nitrogens is 2. The molecule has 0 saturated carbocycles. The van der Waals surface area contributed by atoms with Gasteiger partial charge in [0.2, 0.25) is 5.95 Å². The fraction of sp³-hybridized carbons (Fsp3) is 0.308. The number of nitrogens with zero attached hydrogens (tertiary/aromatic N) is 2. The van der Waals surface area contributed by atoms with Crippen molar-refractivity contribution in [3.63, 3.8) is 0 Å². The van der Waals surface area contributed by atoms with Crippen LogP contribution in [0, 0.1) is 0 Å². The summed E-state index contributed by atoms with van der Waals surface area (Å²) in [5, 5.41) is 29.8. The Morgan fingerprint density at radius 2 is 1.89 bits per heavy atom. The van der Waals surface area contributed by atoms with Crippen LogP contribution in [0.4, 0.5) is 26.2 Å². The Labute approximate surface area is 217 Å². The van der Waals surface area contributed by atoms with E-state index in [9.17, 15) is 23.5 Å². The summed E-state index contributed by atoms with van der Waals surface area (Å²) in [6, 6.07) is 13.4. The summed E-state index contributed by atoms with van der Waals surface area (Å²) < 4.78 is 27.0. The minimum atomic E-state index is -3.50. The van der Waals surface area contributed by atoms with Gasteiger partial charge in [0.25, 0.3) is 17.7 Å². The average Bonchev–Trinajstić information content (AvgIpc) is 3.13. The lowest BCUT2D eigenvalue weighted by atomic mass is 9.94. The van der Waals surface area contributed by atoms with Crippen molar-refractivity contribution in [3.8, 4) is 0 Å². The first-order valence-electron chi connectivity index (χ1n) is 11.8. The maximum Gasteiger partial charge on any atom is 0.287 e. The summed E-state index contributed by atoms with van der Waals surface area (Å²) in [5.41, 5.74) is 1.93. The zero-order valence-electron chi connectivity index (χ0n) is 20.8. The summed E-state index contributed by atoms with van der Waals surface area (Å²) >= 11 is 0. The molecule has 10 nitrogen and oxygen atoms in total. The number of alkyl halides is 2. The summed E-state index contributed by atoms with van der Waals surface area (Å²) in [7, 11) is 0. The molecule has 38 heavy (non-hydrogen) atoms. The molecule has 6 N–H and O–H groups in total. The molecule has 0 fully saturated rings. The van der Waals surface area contributed by atoms with Crippen LogP contribution in [0.3, 0.4) is 0 Å². The molecular formula is C26H28F2N6O4. The Balaban J connectivity index is 1.65. The topological polar surface area (TPSA) is 148 Å². The molecule has 0 unspecified atom stereocenters. The fourth-order valence-corrected chi connectivity index (χ4v) is 4.05. The van der Waals surface area contributed by atoms with Gasteiger partial charge in [0.05, 0.1) is 24.7 Å². The molecule has 12 heteroatoms. The summed E-state index contributed by atoms with van der Waals surface area (Å²) in [4.78, 5) is 33.5. The molecule has 2 heterocycles. The van der Waals surface area contributed by atoms with Crippen LogP contribution in [0.15, 0.2) is 54.7 Å². The predicted molar refractivity (Wildman–Crippen MR) is 137 cm³/mol. The van der Waals surface area contributed by atoms with E-state index in [-0.39, 0.29) is 29.8 Å². The number of fused-ring (bicyclic) bond motifs is 1. The van der Waals surface area contributed by atoms with Crippen molar-refractivity contribution >= 4 is 29.3 Å². The second kappa shape index (κ2) is 10.7. The second-order valence-corrected chi connectivity index (χ2v) is 9.41. The lowest BCUT2D eigenvalue weighted by molar-refractivity contribution is -0.0462. The third-order valence-electron chi connectivity index (χ3n) is 6.09. The third kappa shape index (κ3) is 5.87.